The Hall–Kier alpha value is -2.35. The van der Waals surface area contributed by atoms with Gasteiger partial charge in [-0.05, 0) is 37.4 Å². The molecule has 27 heavy (non-hydrogen) atoms. The predicted molar refractivity (Wildman–Crippen MR) is 95.2 cm³/mol. The third-order valence-electron chi connectivity index (χ3n) is 5.50. The number of carbonyl (C=O) groups is 1. The zero-order valence-electron chi connectivity index (χ0n) is 15.0. The first-order valence-corrected chi connectivity index (χ1v) is 9.04. The minimum atomic E-state index is -4.36. The van der Waals surface area contributed by atoms with E-state index in [0.717, 1.165) is 23.9 Å². The van der Waals surface area contributed by atoms with Crippen molar-refractivity contribution in [2.24, 2.45) is 0 Å². The average molecular weight is 380 g/mol. The molecule has 0 radical (unpaired) electrons. The van der Waals surface area contributed by atoms with Crippen molar-refractivity contribution in [2.75, 3.05) is 20.1 Å². The Kier molecular flexibility index (Phi) is 4.46. The van der Waals surface area contributed by atoms with E-state index < -0.39 is 11.7 Å². The Balaban J connectivity index is 0.00000225. The summed E-state index contributed by atoms with van der Waals surface area (Å²) in [6, 6.07) is 5.75. The Morgan fingerprint density at radius 2 is 1.93 bits per heavy atom. The highest BCUT2D eigenvalue weighted by Crippen LogP contribution is 2.38. The summed E-state index contributed by atoms with van der Waals surface area (Å²) in [4.78, 5) is 16.6. The molecular weight excluding hydrogens is 357 g/mol. The number of carbonyl (C=O) groups excluding carboxylic acids is 1. The third kappa shape index (κ3) is 3.34. The lowest BCUT2D eigenvalue weighted by atomic mass is 9.86. The Morgan fingerprint density at radius 3 is 2.63 bits per heavy atom. The number of H-pyrrole nitrogens is 1. The Morgan fingerprint density at radius 1 is 1.22 bits per heavy atom. The molecule has 2 aliphatic rings. The van der Waals surface area contributed by atoms with Crippen molar-refractivity contribution < 1.29 is 19.4 Å². The fourth-order valence-corrected chi connectivity index (χ4v) is 4.13. The van der Waals surface area contributed by atoms with Gasteiger partial charge in [-0.3, -0.25) is 14.8 Å². The van der Waals surface area contributed by atoms with Crippen molar-refractivity contribution >= 4 is 5.91 Å². The second kappa shape index (κ2) is 6.67. The van der Waals surface area contributed by atoms with Gasteiger partial charge in [-0.2, -0.15) is 18.3 Å². The van der Waals surface area contributed by atoms with Gasteiger partial charge in [0, 0.05) is 33.2 Å². The van der Waals surface area contributed by atoms with Gasteiger partial charge < -0.3 is 4.90 Å². The normalized spacial score (nSPS) is 18.7. The third-order valence-corrected chi connectivity index (χ3v) is 5.50. The van der Waals surface area contributed by atoms with Gasteiger partial charge >= 0.3 is 6.18 Å². The number of hydrogen-bond donors (Lipinski definition) is 1. The Bertz CT molecular complexity index is 859. The highest BCUT2D eigenvalue weighted by Gasteiger charge is 2.37. The minimum Gasteiger partial charge on any atom is -0.337 e. The number of hydrogen-bond acceptors (Lipinski definition) is 3. The van der Waals surface area contributed by atoms with Crippen LogP contribution in [0.25, 0.3) is 0 Å². The van der Waals surface area contributed by atoms with E-state index in [1.165, 1.54) is 6.07 Å². The highest BCUT2D eigenvalue weighted by molar-refractivity contribution is 5.94. The van der Waals surface area contributed by atoms with Crippen LogP contribution in [0, 0.1) is 0 Å². The number of halogens is 3. The summed E-state index contributed by atoms with van der Waals surface area (Å²) in [5.74, 6) is -0.326. The summed E-state index contributed by atoms with van der Waals surface area (Å²) >= 11 is 0. The maximum Gasteiger partial charge on any atom is 0.416 e. The van der Waals surface area contributed by atoms with Crippen molar-refractivity contribution in [3.63, 3.8) is 0 Å². The van der Waals surface area contributed by atoms with E-state index >= 15 is 0 Å². The number of piperidine rings is 1. The van der Waals surface area contributed by atoms with E-state index in [4.69, 9.17) is 0 Å². The van der Waals surface area contributed by atoms with Crippen molar-refractivity contribution in [1.29, 1.82) is 0 Å². The van der Waals surface area contributed by atoms with Gasteiger partial charge in [0.25, 0.3) is 5.91 Å². The lowest BCUT2D eigenvalue weighted by Gasteiger charge is -2.33. The van der Waals surface area contributed by atoms with Crippen LogP contribution in [-0.2, 0) is 19.3 Å². The number of nitrogens with one attached hydrogen (secondary N) is 1. The molecule has 0 unspecified atom stereocenters. The SMILES string of the molecule is CN1Cc2[nH]nc(C(=O)N3CCC(c4ccccc4C(F)(F)F)CC3)c2C1.[HH]. The molecule has 0 saturated carbocycles. The van der Waals surface area contributed by atoms with E-state index in [2.05, 4.69) is 15.1 Å². The molecule has 0 spiro atoms. The molecule has 0 atom stereocenters. The van der Waals surface area contributed by atoms with Gasteiger partial charge in [0.1, 0.15) is 0 Å². The molecule has 5 nitrogen and oxygen atoms in total. The molecule has 1 aromatic heterocycles. The molecule has 1 aromatic carbocycles. The minimum absolute atomic E-state index is 0. The van der Waals surface area contributed by atoms with E-state index in [1.807, 2.05) is 7.05 Å². The number of benzene rings is 1. The van der Waals surface area contributed by atoms with Crippen LogP contribution >= 0.6 is 0 Å². The van der Waals surface area contributed by atoms with E-state index in [1.54, 1.807) is 17.0 Å². The predicted octanol–water partition coefficient (Wildman–Crippen LogP) is 3.64. The fourth-order valence-electron chi connectivity index (χ4n) is 4.13. The number of amides is 1. The van der Waals surface area contributed by atoms with Crippen molar-refractivity contribution in [2.45, 2.75) is 38.0 Å². The first-order valence-electron chi connectivity index (χ1n) is 9.04. The van der Waals surface area contributed by atoms with Crippen molar-refractivity contribution in [3.05, 3.63) is 52.3 Å². The molecule has 1 saturated heterocycles. The summed E-state index contributed by atoms with van der Waals surface area (Å²) in [5, 5.41) is 7.11. The smallest absolute Gasteiger partial charge is 0.337 e. The van der Waals surface area contributed by atoms with Crippen molar-refractivity contribution in [1.82, 2.24) is 20.0 Å². The van der Waals surface area contributed by atoms with Crippen LogP contribution < -0.4 is 0 Å². The number of fused-ring (bicyclic) bond motifs is 1. The highest BCUT2D eigenvalue weighted by atomic mass is 19.4. The second-order valence-electron chi connectivity index (χ2n) is 7.35. The fraction of sp³-hybridized carbons (Fsp3) is 0.474. The van der Waals surface area contributed by atoms with E-state index in [9.17, 15) is 18.0 Å². The zero-order valence-corrected chi connectivity index (χ0v) is 15.0. The lowest BCUT2D eigenvalue weighted by Crippen LogP contribution is -2.38. The number of alkyl halides is 3. The Labute approximate surface area is 156 Å². The van der Waals surface area contributed by atoms with Gasteiger partial charge in [-0.15, -0.1) is 0 Å². The summed E-state index contributed by atoms with van der Waals surface area (Å²) in [6.07, 6.45) is -3.32. The number of rotatable bonds is 2. The second-order valence-corrected chi connectivity index (χ2v) is 7.35. The topological polar surface area (TPSA) is 52.2 Å². The van der Waals surface area contributed by atoms with Gasteiger partial charge in [0.2, 0.25) is 0 Å². The van der Waals surface area contributed by atoms with Crippen LogP contribution in [0.1, 0.15) is 53.1 Å². The van der Waals surface area contributed by atoms with Crippen molar-refractivity contribution in [3.8, 4) is 0 Å². The van der Waals surface area contributed by atoms with E-state index in [-0.39, 0.29) is 13.3 Å². The summed E-state index contributed by atoms with van der Waals surface area (Å²) in [7, 11) is 1.98. The van der Waals surface area contributed by atoms with Crippen LogP contribution in [0.4, 0.5) is 13.2 Å². The van der Waals surface area contributed by atoms with Gasteiger partial charge in [-0.1, -0.05) is 18.2 Å². The summed E-state index contributed by atoms with van der Waals surface area (Å²) in [5.41, 5.74) is 2.12. The molecule has 2 aliphatic heterocycles. The van der Waals surface area contributed by atoms with Crippen LogP contribution in [0.15, 0.2) is 24.3 Å². The standard InChI is InChI=1S/C19H21F3N4O.H2/c1-25-10-14-16(11-25)23-24-17(14)18(27)26-8-6-12(7-9-26)13-4-2-3-5-15(13)19(20,21)22;/h2-5,12H,6-11H2,1H3,(H,23,24);1H. The average Bonchev–Trinajstić information content (AvgIpc) is 3.19. The largest absolute Gasteiger partial charge is 0.416 e. The van der Waals surface area contributed by atoms with Gasteiger partial charge in [-0.25, -0.2) is 0 Å². The van der Waals surface area contributed by atoms with Crippen LogP contribution in [0.2, 0.25) is 0 Å². The maximum atomic E-state index is 13.3. The number of aromatic amines is 1. The monoisotopic (exact) mass is 380 g/mol. The molecule has 2 aromatic rings. The quantitative estimate of drug-likeness (QED) is 0.866. The molecule has 0 bridgehead atoms. The summed E-state index contributed by atoms with van der Waals surface area (Å²) in [6.45, 7) is 2.30. The van der Waals surface area contributed by atoms with Gasteiger partial charge in [0.15, 0.2) is 5.69 Å². The molecule has 8 heteroatoms. The molecular formula is C19H23F3N4O. The summed E-state index contributed by atoms with van der Waals surface area (Å²) < 4.78 is 39.8. The number of aromatic nitrogens is 2. The molecule has 3 heterocycles. The molecule has 0 aliphatic carbocycles. The first-order chi connectivity index (χ1) is 12.8. The van der Waals surface area contributed by atoms with Crippen LogP contribution in [0.3, 0.4) is 0 Å². The molecule has 1 amide bonds. The van der Waals surface area contributed by atoms with Gasteiger partial charge in [0.05, 0.1) is 11.3 Å². The lowest BCUT2D eigenvalue weighted by molar-refractivity contribution is -0.138. The maximum absolute atomic E-state index is 13.3. The van der Waals surface area contributed by atoms with Crippen LogP contribution in [-0.4, -0.2) is 46.0 Å². The first kappa shape index (κ1) is 18.0. The molecule has 1 fully saturated rings. The molecule has 4 rings (SSSR count). The molecule has 1 N–H and O–H groups in total. The van der Waals surface area contributed by atoms with E-state index in [0.29, 0.717) is 43.7 Å². The number of likely N-dealkylation sites (tertiary alicyclic amines) is 1. The van der Waals surface area contributed by atoms with Crippen LogP contribution in [0.5, 0.6) is 0 Å². The zero-order chi connectivity index (χ0) is 19.2. The molecule has 146 valence electrons. The number of nitrogens with zero attached hydrogens (tertiary/aromatic N) is 3.